The molecule has 0 spiro atoms. The summed E-state index contributed by atoms with van der Waals surface area (Å²) in [5.41, 5.74) is 1.61. The number of allylic oxidation sites excluding steroid dienone is 1. The van der Waals surface area contributed by atoms with E-state index in [0.29, 0.717) is 32.8 Å². The third-order valence-corrected chi connectivity index (χ3v) is 4.29. The summed E-state index contributed by atoms with van der Waals surface area (Å²) in [7, 11) is 0. The van der Waals surface area contributed by atoms with Crippen LogP contribution in [0.15, 0.2) is 35.8 Å². The summed E-state index contributed by atoms with van der Waals surface area (Å²) >= 11 is 12.8. The van der Waals surface area contributed by atoms with E-state index in [1.54, 1.807) is 43.7 Å². The Morgan fingerprint density at radius 1 is 1.33 bits per heavy atom. The molecular weight excluding hydrogens is 351 g/mol. The van der Waals surface area contributed by atoms with Crippen molar-refractivity contribution in [1.82, 2.24) is 14.8 Å². The lowest BCUT2D eigenvalue weighted by Gasteiger charge is -2.29. The standard InChI is InChI=1S/C16H16Cl2N4O2/c1-8(2)24-15(23)12-9(3)21-16-19-7-20-22(16)14(12)13-10(17)5-4-6-11(13)18/h4-8,14H,1-3H3,(H,19,20,21)/t14-/m1/s1. The number of carbonyl (C=O) groups excluding carboxylic acids is 1. The first-order chi connectivity index (χ1) is 11.4. The molecular formula is C16H16Cl2N4O2. The summed E-state index contributed by atoms with van der Waals surface area (Å²) in [6.07, 6.45) is 1.15. The lowest BCUT2D eigenvalue weighted by Crippen LogP contribution is -2.31. The Balaban J connectivity index is 2.20. The molecule has 24 heavy (non-hydrogen) atoms. The zero-order chi connectivity index (χ0) is 17.4. The average molecular weight is 367 g/mol. The molecule has 0 bridgehead atoms. The molecule has 1 N–H and O–H groups in total. The number of benzene rings is 1. The van der Waals surface area contributed by atoms with Crippen molar-refractivity contribution in [1.29, 1.82) is 0 Å². The van der Waals surface area contributed by atoms with Crippen LogP contribution in [0.4, 0.5) is 5.95 Å². The fourth-order valence-electron chi connectivity index (χ4n) is 2.67. The van der Waals surface area contributed by atoms with Gasteiger partial charge in [-0.3, -0.25) is 0 Å². The van der Waals surface area contributed by atoms with E-state index >= 15 is 0 Å². The van der Waals surface area contributed by atoms with Gasteiger partial charge in [0.05, 0.1) is 11.7 Å². The van der Waals surface area contributed by atoms with Gasteiger partial charge in [-0.05, 0) is 32.9 Å². The van der Waals surface area contributed by atoms with Crippen LogP contribution in [0.2, 0.25) is 10.0 Å². The van der Waals surface area contributed by atoms with E-state index in [9.17, 15) is 4.79 Å². The van der Waals surface area contributed by atoms with Gasteiger partial charge in [-0.15, -0.1) is 0 Å². The highest BCUT2D eigenvalue weighted by Gasteiger charge is 2.36. The van der Waals surface area contributed by atoms with Crippen LogP contribution >= 0.6 is 23.2 Å². The maximum absolute atomic E-state index is 12.7. The summed E-state index contributed by atoms with van der Waals surface area (Å²) in [6, 6.07) is 4.58. The van der Waals surface area contributed by atoms with Gasteiger partial charge in [-0.1, -0.05) is 29.3 Å². The predicted octanol–water partition coefficient (Wildman–Crippen LogP) is 3.83. The molecule has 1 atom stereocenters. The molecule has 0 saturated carbocycles. The van der Waals surface area contributed by atoms with Crippen LogP contribution in [-0.4, -0.2) is 26.8 Å². The number of ether oxygens (including phenoxy) is 1. The van der Waals surface area contributed by atoms with Crippen LogP contribution in [0.5, 0.6) is 0 Å². The van der Waals surface area contributed by atoms with Crippen LogP contribution in [0.25, 0.3) is 0 Å². The van der Waals surface area contributed by atoms with E-state index in [1.165, 1.54) is 6.33 Å². The molecule has 0 unspecified atom stereocenters. The van der Waals surface area contributed by atoms with Crippen LogP contribution in [0, 0.1) is 0 Å². The smallest absolute Gasteiger partial charge is 0.338 e. The van der Waals surface area contributed by atoms with Gasteiger partial charge in [0, 0.05) is 21.3 Å². The topological polar surface area (TPSA) is 69.0 Å². The Hall–Kier alpha value is -2.05. The molecule has 6 nitrogen and oxygen atoms in total. The summed E-state index contributed by atoms with van der Waals surface area (Å²) in [5, 5.41) is 8.18. The third kappa shape index (κ3) is 2.87. The van der Waals surface area contributed by atoms with E-state index in [4.69, 9.17) is 27.9 Å². The van der Waals surface area contributed by atoms with Crippen molar-refractivity contribution >= 4 is 35.1 Å². The number of aromatic nitrogens is 3. The molecule has 3 rings (SSSR count). The van der Waals surface area contributed by atoms with Crippen molar-refractivity contribution in [2.75, 3.05) is 5.32 Å². The number of hydrogen-bond acceptors (Lipinski definition) is 5. The minimum absolute atomic E-state index is 0.252. The minimum atomic E-state index is -0.615. The Bertz CT molecular complexity index is 809. The summed E-state index contributed by atoms with van der Waals surface area (Å²) in [6.45, 7) is 5.37. The van der Waals surface area contributed by atoms with Crippen LogP contribution in [-0.2, 0) is 9.53 Å². The van der Waals surface area contributed by atoms with Crippen molar-refractivity contribution in [2.45, 2.75) is 32.9 Å². The maximum Gasteiger partial charge on any atom is 0.338 e. The van der Waals surface area contributed by atoms with Crippen LogP contribution in [0.3, 0.4) is 0 Å². The predicted molar refractivity (Wildman–Crippen MR) is 92.2 cm³/mol. The van der Waals surface area contributed by atoms with E-state index in [-0.39, 0.29) is 6.10 Å². The highest BCUT2D eigenvalue weighted by Crippen LogP contribution is 2.41. The first-order valence-corrected chi connectivity index (χ1v) is 8.18. The Morgan fingerprint density at radius 2 is 2.00 bits per heavy atom. The molecule has 126 valence electrons. The van der Waals surface area contributed by atoms with Crippen molar-refractivity contribution in [3.63, 3.8) is 0 Å². The van der Waals surface area contributed by atoms with E-state index in [0.717, 1.165) is 0 Å². The first-order valence-electron chi connectivity index (χ1n) is 7.42. The molecule has 2 heterocycles. The number of anilines is 1. The van der Waals surface area contributed by atoms with Gasteiger partial charge < -0.3 is 10.1 Å². The molecule has 1 aliphatic rings. The highest BCUT2D eigenvalue weighted by atomic mass is 35.5. The fourth-order valence-corrected chi connectivity index (χ4v) is 3.28. The second-order valence-electron chi connectivity index (χ2n) is 5.68. The van der Waals surface area contributed by atoms with Crippen LogP contribution in [0.1, 0.15) is 32.4 Å². The van der Waals surface area contributed by atoms with Gasteiger partial charge in [0.1, 0.15) is 12.4 Å². The van der Waals surface area contributed by atoms with Gasteiger partial charge in [-0.25, -0.2) is 9.48 Å². The van der Waals surface area contributed by atoms with Gasteiger partial charge in [0.2, 0.25) is 5.95 Å². The molecule has 2 aromatic rings. The molecule has 0 radical (unpaired) electrons. The van der Waals surface area contributed by atoms with Gasteiger partial charge in [-0.2, -0.15) is 10.1 Å². The van der Waals surface area contributed by atoms with Crippen molar-refractivity contribution in [3.05, 3.63) is 51.4 Å². The molecule has 0 amide bonds. The second-order valence-corrected chi connectivity index (χ2v) is 6.50. The first kappa shape index (κ1) is 16.8. The van der Waals surface area contributed by atoms with Crippen molar-refractivity contribution in [2.24, 2.45) is 0 Å². The number of halogens is 2. The number of carbonyl (C=O) groups is 1. The molecule has 0 aliphatic carbocycles. The average Bonchev–Trinajstić information content (AvgIpc) is 2.93. The Labute approximate surface area is 149 Å². The fraction of sp³-hybridized carbons (Fsp3) is 0.312. The van der Waals surface area contributed by atoms with Crippen molar-refractivity contribution in [3.8, 4) is 0 Å². The Morgan fingerprint density at radius 3 is 2.62 bits per heavy atom. The Kier molecular flexibility index (Phi) is 4.51. The molecule has 1 aromatic carbocycles. The van der Waals surface area contributed by atoms with E-state index in [2.05, 4.69) is 15.4 Å². The number of nitrogens with zero attached hydrogens (tertiary/aromatic N) is 3. The third-order valence-electron chi connectivity index (χ3n) is 3.63. The van der Waals surface area contributed by atoms with E-state index < -0.39 is 12.0 Å². The second kappa shape index (κ2) is 6.45. The number of rotatable bonds is 3. The van der Waals surface area contributed by atoms with Crippen molar-refractivity contribution < 1.29 is 9.53 Å². The zero-order valence-corrected chi connectivity index (χ0v) is 14.9. The van der Waals surface area contributed by atoms with E-state index in [1.807, 2.05) is 0 Å². The molecule has 8 heteroatoms. The highest BCUT2D eigenvalue weighted by molar-refractivity contribution is 6.36. The van der Waals surface area contributed by atoms with Gasteiger partial charge in [0.25, 0.3) is 0 Å². The minimum Gasteiger partial charge on any atom is -0.459 e. The van der Waals surface area contributed by atoms with Gasteiger partial charge >= 0.3 is 5.97 Å². The lowest BCUT2D eigenvalue weighted by molar-refractivity contribution is -0.143. The SMILES string of the molecule is CC1=C(C(=O)OC(C)C)[C@H](c2c(Cl)cccc2Cl)n2ncnc2N1. The zero-order valence-electron chi connectivity index (χ0n) is 13.4. The summed E-state index contributed by atoms with van der Waals surface area (Å²) < 4.78 is 6.98. The quantitative estimate of drug-likeness (QED) is 0.836. The lowest BCUT2D eigenvalue weighted by atomic mass is 9.95. The molecule has 0 saturated heterocycles. The van der Waals surface area contributed by atoms with Gasteiger partial charge in [0.15, 0.2) is 0 Å². The normalized spacial score (nSPS) is 16.8. The molecule has 1 aromatic heterocycles. The maximum atomic E-state index is 12.7. The van der Waals surface area contributed by atoms with Crippen LogP contribution < -0.4 is 5.32 Å². The molecule has 1 aliphatic heterocycles. The largest absolute Gasteiger partial charge is 0.459 e. The number of hydrogen-bond donors (Lipinski definition) is 1. The number of nitrogens with one attached hydrogen (secondary N) is 1. The summed E-state index contributed by atoms with van der Waals surface area (Å²) in [4.78, 5) is 16.9. The number of esters is 1. The summed E-state index contributed by atoms with van der Waals surface area (Å²) in [5.74, 6) is 0.0618. The number of fused-ring (bicyclic) bond motifs is 1. The molecule has 0 fully saturated rings. The monoisotopic (exact) mass is 366 g/mol.